The van der Waals surface area contributed by atoms with Crippen LogP contribution >= 0.6 is 11.3 Å². The molecule has 0 unspecified atom stereocenters. The van der Waals surface area contributed by atoms with E-state index in [0.29, 0.717) is 0 Å². The zero-order valence-electron chi connectivity index (χ0n) is 10.5. The van der Waals surface area contributed by atoms with Gasteiger partial charge < -0.3 is 0 Å². The topological polar surface area (TPSA) is 54.2 Å². The molecule has 0 bridgehead atoms. The lowest BCUT2D eigenvalue weighted by Gasteiger charge is -2.31. The van der Waals surface area contributed by atoms with Gasteiger partial charge in [0.25, 0.3) is 0 Å². The van der Waals surface area contributed by atoms with Crippen molar-refractivity contribution < 1.29 is 0 Å². The summed E-state index contributed by atoms with van der Waals surface area (Å²) in [6.07, 6.45) is 7.36. The smallest absolute Gasteiger partial charge is 0.197 e. The number of rotatable bonds is 5. The number of thiazole rings is 1. The number of hydrogen-bond donors (Lipinski definition) is 2. The maximum atomic E-state index is 5.33. The highest BCUT2D eigenvalue weighted by atomic mass is 32.1. The van der Waals surface area contributed by atoms with Crippen LogP contribution in [0.1, 0.15) is 37.5 Å². The van der Waals surface area contributed by atoms with Gasteiger partial charge in [-0.3, -0.25) is 10.3 Å². The van der Waals surface area contributed by atoms with Gasteiger partial charge in [-0.05, 0) is 31.8 Å². The van der Waals surface area contributed by atoms with E-state index in [0.717, 1.165) is 17.6 Å². The summed E-state index contributed by atoms with van der Waals surface area (Å²) in [5, 5.41) is 0.806. The summed E-state index contributed by atoms with van der Waals surface area (Å²) in [6, 6.07) is 0. The van der Waals surface area contributed by atoms with Gasteiger partial charge in [-0.25, -0.2) is 10.8 Å². The number of nitrogens with zero attached hydrogens (tertiary/aromatic N) is 2. The molecule has 0 amide bonds. The first-order valence-corrected chi connectivity index (χ1v) is 7.27. The SMILES string of the molecule is CCCC1CCN(Cc2cnc(NN)s2)CC1. The Morgan fingerprint density at radius 1 is 1.53 bits per heavy atom. The predicted octanol–water partition coefficient (Wildman–Crippen LogP) is 2.44. The Morgan fingerprint density at radius 3 is 2.88 bits per heavy atom. The molecule has 17 heavy (non-hydrogen) atoms. The number of aromatic nitrogens is 1. The van der Waals surface area contributed by atoms with E-state index in [2.05, 4.69) is 22.2 Å². The van der Waals surface area contributed by atoms with Crippen LogP contribution in [-0.2, 0) is 6.54 Å². The van der Waals surface area contributed by atoms with Crippen LogP contribution in [0.15, 0.2) is 6.20 Å². The third kappa shape index (κ3) is 3.66. The number of nitrogen functional groups attached to an aromatic ring is 1. The third-order valence-electron chi connectivity index (χ3n) is 3.46. The fraction of sp³-hybridized carbons (Fsp3) is 0.750. The number of hydrazine groups is 1. The van der Waals surface area contributed by atoms with Crippen LogP contribution in [0.3, 0.4) is 0 Å². The first-order valence-electron chi connectivity index (χ1n) is 6.45. The van der Waals surface area contributed by atoms with Gasteiger partial charge in [0.15, 0.2) is 5.13 Å². The van der Waals surface area contributed by atoms with Crippen molar-refractivity contribution in [3.05, 3.63) is 11.1 Å². The average molecular weight is 254 g/mol. The lowest BCUT2D eigenvalue weighted by Crippen LogP contribution is -2.32. The number of nitrogens with one attached hydrogen (secondary N) is 1. The van der Waals surface area contributed by atoms with E-state index in [1.54, 1.807) is 11.3 Å². The second-order valence-electron chi connectivity index (χ2n) is 4.78. The molecule has 0 radical (unpaired) electrons. The lowest BCUT2D eigenvalue weighted by atomic mass is 9.92. The van der Waals surface area contributed by atoms with Gasteiger partial charge in [-0.2, -0.15) is 0 Å². The number of anilines is 1. The summed E-state index contributed by atoms with van der Waals surface area (Å²) < 4.78 is 0. The second kappa shape index (κ2) is 6.33. The first-order chi connectivity index (χ1) is 8.31. The van der Waals surface area contributed by atoms with Crippen LogP contribution in [0.25, 0.3) is 0 Å². The van der Waals surface area contributed by atoms with Crippen molar-refractivity contribution in [1.29, 1.82) is 0 Å². The van der Waals surface area contributed by atoms with Gasteiger partial charge in [0.1, 0.15) is 0 Å². The van der Waals surface area contributed by atoms with Crippen molar-refractivity contribution in [2.24, 2.45) is 11.8 Å². The zero-order chi connectivity index (χ0) is 12.1. The number of likely N-dealkylation sites (tertiary alicyclic amines) is 1. The minimum atomic E-state index is 0.806. The maximum Gasteiger partial charge on any atom is 0.197 e. The largest absolute Gasteiger partial charge is 0.300 e. The molecule has 4 nitrogen and oxygen atoms in total. The number of hydrogen-bond acceptors (Lipinski definition) is 5. The Kier molecular flexibility index (Phi) is 4.76. The molecule has 1 aliphatic rings. The summed E-state index contributed by atoms with van der Waals surface area (Å²) in [7, 11) is 0. The molecule has 0 atom stereocenters. The van der Waals surface area contributed by atoms with Crippen molar-refractivity contribution in [2.45, 2.75) is 39.2 Å². The Labute approximate surface area is 107 Å². The molecular weight excluding hydrogens is 232 g/mol. The molecule has 5 heteroatoms. The Balaban J connectivity index is 1.77. The summed E-state index contributed by atoms with van der Waals surface area (Å²) in [6.45, 7) is 5.77. The highest BCUT2D eigenvalue weighted by Gasteiger charge is 2.18. The summed E-state index contributed by atoms with van der Waals surface area (Å²) in [5.74, 6) is 6.29. The Bertz CT molecular complexity index is 331. The van der Waals surface area contributed by atoms with E-state index in [4.69, 9.17) is 5.84 Å². The van der Waals surface area contributed by atoms with Gasteiger partial charge in [-0.1, -0.05) is 31.1 Å². The van der Waals surface area contributed by atoms with E-state index in [-0.39, 0.29) is 0 Å². The average Bonchev–Trinajstić information content (AvgIpc) is 2.80. The Morgan fingerprint density at radius 2 is 2.29 bits per heavy atom. The van der Waals surface area contributed by atoms with E-state index < -0.39 is 0 Å². The van der Waals surface area contributed by atoms with Crippen molar-refractivity contribution in [3.63, 3.8) is 0 Å². The molecule has 96 valence electrons. The fourth-order valence-corrected chi connectivity index (χ4v) is 3.27. The van der Waals surface area contributed by atoms with Gasteiger partial charge in [0.05, 0.1) is 0 Å². The highest BCUT2D eigenvalue weighted by molar-refractivity contribution is 7.15. The quantitative estimate of drug-likeness (QED) is 0.626. The minimum absolute atomic E-state index is 0.806. The van der Waals surface area contributed by atoms with Crippen LogP contribution in [0.2, 0.25) is 0 Å². The molecule has 2 rings (SSSR count). The van der Waals surface area contributed by atoms with Crippen LogP contribution in [0.5, 0.6) is 0 Å². The zero-order valence-corrected chi connectivity index (χ0v) is 11.3. The normalized spacial score (nSPS) is 18.5. The van der Waals surface area contributed by atoms with Crippen molar-refractivity contribution in [2.75, 3.05) is 18.5 Å². The standard InChI is InChI=1S/C12H22N4S/c1-2-3-10-4-6-16(7-5-10)9-11-8-14-12(15-13)17-11/h8,10H,2-7,9,13H2,1H3,(H,14,15). The van der Waals surface area contributed by atoms with Gasteiger partial charge in [0.2, 0.25) is 0 Å². The molecule has 0 aliphatic carbocycles. The summed E-state index contributed by atoms with van der Waals surface area (Å²) >= 11 is 1.65. The molecule has 1 saturated heterocycles. The summed E-state index contributed by atoms with van der Waals surface area (Å²) in [5.41, 5.74) is 2.60. The lowest BCUT2D eigenvalue weighted by molar-refractivity contribution is 0.173. The minimum Gasteiger partial charge on any atom is -0.300 e. The molecule has 1 aromatic rings. The van der Waals surface area contributed by atoms with Crippen molar-refractivity contribution in [1.82, 2.24) is 9.88 Å². The number of piperidine rings is 1. The van der Waals surface area contributed by atoms with E-state index >= 15 is 0 Å². The van der Waals surface area contributed by atoms with Crippen LogP contribution in [0, 0.1) is 5.92 Å². The third-order valence-corrected chi connectivity index (χ3v) is 4.37. The van der Waals surface area contributed by atoms with Crippen molar-refractivity contribution in [3.8, 4) is 0 Å². The molecular formula is C12H22N4S. The predicted molar refractivity (Wildman–Crippen MR) is 72.8 cm³/mol. The molecule has 0 spiro atoms. The first kappa shape index (κ1) is 12.8. The van der Waals surface area contributed by atoms with Crippen LogP contribution in [0.4, 0.5) is 5.13 Å². The molecule has 1 aromatic heterocycles. The monoisotopic (exact) mass is 254 g/mol. The summed E-state index contributed by atoms with van der Waals surface area (Å²) in [4.78, 5) is 8.03. The maximum absolute atomic E-state index is 5.33. The van der Waals surface area contributed by atoms with Gasteiger partial charge >= 0.3 is 0 Å². The van der Waals surface area contributed by atoms with Crippen molar-refractivity contribution >= 4 is 16.5 Å². The molecule has 2 heterocycles. The molecule has 1 aliphatic heterocycles. The van der Waals surface area contributed by atoms with Crippen LogP contribution in [-0.4, -0.2) is 23.0 Å². The van der Waals surface area contributed by atoms with Gasteiger partial charge in [-0.15, -0.1) is 0 Å². The molecule has 0 saturated carbocycles. The second-order valence-corrected chi connectivity index (χ2v) is 5.90. The van der Waals surface area contributed by atoms with Crippen LogP contribution < -0.4 is 11.3 Å². The highest BCUT2D eigenvalue weighted by Crippen LogP contribution is 2.24. The molecule has 3 N–H and O–H groups in total. The van der Waals surface area contributed by atoms with E-state index in [9.17, 15) is 0 Å². The van der Waals surface area contributed by atoms with E-state index in [1.165, 1.54) is 43.6 Å². The number of nitrogens with two attached hydrogens (primary N) is 1. The fourth-order valence-electron chi connectivity index (χ4n) is 2.51. The molecule has 1 fully saturated rings. The Hall–Kier alpha value is -0.650. The van der Waals surface area contributed by atoms with Gasteiger partial charge in [0, 0.05) is 17.6 Å². The van der Waals surface area contributed by atoms with E-state index in [1.807, 2.05) is 6.20 Å². The molecule has 0 aromatic carbocycles.